The second-order valence-corrected chi connectivity index (χ2v) is 5.42. The molecule has 26 heavy (non-hydrogen) atoms. The van der Waals surface area contributed by atoms with E-state index in [4.69, 9.17) is 14.2 Å². The monoisotopic (exact) mass is 359 g/mol. The zero-order valence-electron chi connectivity index (χ0n) is 14.8. The molecule has 2 aromatic carbocycles. The molecule has 7 heteroatoms. The van der Waals surface area contributed by atoms with Gasteiger partial charge in [-0.1, -0.05) is 18.2 Å². The van der Waals surface area contributed by atoms with Crippen molar-refractivity contribution in [3.63, 3.8) is 0 Å². The molecule has 2 unspecified atom stereocenters. The van der Waals surface area contributed by atoms with E-state index in [1.165, 1.54) is 27.4 Å². The van der Waals surface area contributed by atoms with E-state index in [9.17, 15) is 14.7 Å². The van der Waals surface area contributed by atoms with E-state index >= 15 is 0 Å². The molecule has 0 saturated carbocycles. The number of hydrogen-bond donors (Lipinski definition) is 2. The summed E-state index contributed by atoms with van der Waals surface area (Å²) in [7, 11) is 4.20. The zero-order chi connectivity index (χ0) is 19.1. The fourth-order valence-corrected chi connectivity index (χ4v) is 2.38. The number of carbonyl (C=O) groups excluding carboxylic acids is 2. The number of benzene rings is 2. The van der Waals surface area contributed by atoms with Crippen LogP contribution in [0.2, 0.25) is 0 Å². The standard InChI is InChI=1S/C19H21NO6/c1-24-14-9-7-12(8-10-14)17(21)16(19(23)26-3)20-18(22)13-5-4-6-15(11-13)25-2/h4-11,16-17,21H,1-3H3,(H,20,22). The Hall–Kier alpha value is -3.06. The van der Waals surface area contributed by atoms with Gasteiger partial charge in [-0.3, -0.25) is 4.79 Å². The van der Waals surface area contributed by atoms with Crippen molar-refractivity contribution in [1.29, 1.82) is 0 Å². The van der Waals surface area contributed by atoms with Gasteiger partial charge in [-0.15, -0.1) is 0 Å². The minimum atomic E-state index is -1.29. The maximum atomic E-state index is 12.5. The van der Waals surface area contributed by atoms with E-state index in [1.54, 1.807) is 42.5 Å². The lowest BCUT2D eigenvalue weighted by Gasteiger charge is -2.22. The van der Waals surface area contributed by atoms with Gasteiger partial charge in [-0.2, -0.15) is 0 Å². The lowest BCUT2D eigenvalue weighted by atomic mass is 10.0. The molecule has 0 bridgehead atoms. The quantitative estimate of drug-likeness (QED) is 0.731. The molecular formula is C19H21NO6. The highest BCUT2D eigenvalue weighted by Gasteiger charge is 2.31. The van der Waals surface area contributed by atoms with Gasteiger partial charge in [0.15, 0.2) is 6.04 Å². The van der Waals surface area contributed by atoms with Gasteiger partial charge >= 0.3 is 5.97 Å². The van der Waals surface area contributed by atoms with Crippen molar-refractivity contribution in [2.45, 2.75) is 12.1 Å². The topological polar surface area (TPSA) is 94.1 Å². The molecule has 0 aliphatic heterocycles. The third kappa shape index (κ3) is 4.52. The number of aliphatic hydroxyl groups excluding tert-OH is 1. The summed E-state index contributed by atoms with van der Waals surface area (Å²) in [4.78, 5) is 24.6. The van der Waals surface area contributed by atoms with Crippen LogP contribution in [0.4, 0.5) is 0 Å². The highest BCUT2D eigenvalue weighted by Crippen LogP contribution is 2.22. The van der Waals surface area contributed by atoms with Crippen molar-refractivity contribution >= 4 is 11.9 Å². The molecule has 0 fully saturated rings. The molecule has 2 N–H and O–H groups in total. The molecule has 0 aromatic heterocycles. The van der Waals surface area contributed by atoms with Crippen LogP contribution in [0.3, 0.4) is 0 Å². The second-order valence-electron chi connectivity index (χ2n) is 5.42. The summed E-state index contributed by atoms with van der Waals surface area (Å²) >= 11 is 0. The average Bonchev–Trinajstić information content (AvgIpc) is 2.70. The fourth-order valence-electron chi connectivity index (χ4n) is 2.38. The van der Waals surface area contributed by atoms with Crippen LogP contribution in [0, 0.1) is 0 Å². The van der Waals surface area contributed by atoms with Crippen LogP contribution in [0.15, 0.2) is 48.5 Å². The molecule has 2 aromatic rings. The highest BCUT2D eigenvalue weighted by molar-refractivity contribution is 5.97. The lowest BCUT2D eigenvalue weighted by Crippen LogP contribution is -2.45. The number of ether oxygens (including phenoxy) is 3. The molecule has 138 valence electrons. The molecule has 0 heterocycles. The average molecular weight is 359 g/mol. The Labute approximate surface area is 151 Å². The largest absolute Gasteiger partial charge is 0.497 e. The van der Waals surface area contributed by atoms with Crippen molar-refractivity contribution in [2.24, 2.45) is 0 Å². The van der Waals surface area contributed by atoms with Gasteiger partial charge in [0.05, 0.1) is 21.3 Å². The Kier molecular flexibility index (Phi) is 6.57. The number of aliphatic hydroxyl groups is 1. The van der Waals surface area contributed by atoms with Gasteiger partial charge in [0, 0.05) is 5.56 Å². The Morgan fingerprint density at radius 1 is 0.962 bits per heavy atom. The molecule has 0 spiro atoms. The van der Waals surface area contributed by atoms with Gasteiger partial charge in [-0.25, -0.2) is 4.79 Å². The second kappa shape index (κ2) is 8.87. The van der Waals surface area contributed by atoms with Crippen LogP contribution in [0.25, 0.3) is 0 Å². The van der Waals surface area contributed by atoms with Crippen LogP contribution in [0.5, 0.6) is 11.5 Å². The van der Waals surface area contributed by atoms with Crippen molar-refractivity contribution < 1.29 is 28.9 Å². The minimum Gasteiger partial charge on any atom is -0.497 e. The van der Waals surface area contributed by atoms with Crippen LogP contribution < -0.4 is 14.8 Å². The van der Waals surface area contributed by atoms with Crippen LogP contribution in [-0.4, -0.2) is 44.4 Å². The number of amides is 1. The number of nitrogens with one attached hydrogen (secondary N) is 1. The molecule has 0 radical (unpaired) electrons. The smallest absolute Gasteiger partial charge is 0.331 e. The summed E-state index contributed by atoms with van der Waals surface area (Å²) in [6, 6.07) is 11.7. The molecule has 7 nitrogen and oxygen atoms in total. The summed E-state index contributed by atoms with van der Waals surface area (Å²) in [5, 5.41) is 13.1. The van der Waals surface area contributed by atoms with E-state index in [0.29, 0.717) is 22.6 Å². The lowest BCUT2D eigenvalue weighted by molar-refractivity contribution is -0.146. The van der Waals surface area contributed by atoms with Gasteiger partial charge in [-0.05, 0) is 35.9 Å². The molecule has 0 aliphatic carbocycles. The number of carbonyl (C=O) groups is 2. The van der Waals surface area contributed by atoms with E-state index in [2.05, 4.69) is 5.32 Å². The van der Waals surface area contributed by atoms with Gasteiger partial charge in [0.2, 0.25) is 0 Å². The summed E-state index contributed by atoms with van der Waals surface area (Å²) in [6.07, 6.45) is -1.29. The SMILES string of the molecule is COC(=O)C(NC(=O)c1cccc(OC)c1)C(O)c1ccc(OC)cc1. The van der Waals surface area contributed by atoms with E-state index < -0.39 is 24.0 Å². The van der Waals surface area contributed by atoms with Gasteiger partial charge < -0.3 is 24.6 Å². The third-order valence-corrected chi connectivity index (χ3v) is 3.85. The molecular weight excluding hydrogens is 338 g/mol. The third-order valence-electron chi connectivity index (χ3n) is 3.85. The van der Waals surface area contributed by atoms with Crippen LogP contribution in [-0.2, 0) is 9.53 Å². The van der Waals surface area contributed by atoms with Crippen molar-refractivity contribution in [1.82, 2.24) is 5.32 Å². The predicted molar refractivity (Wildman–Crippen MR) is 94.2 cm³/mol. The summed E-state index contributed by atoms with van der Waals surface area (Å²) in [6.45, 7) is 0. The van der Waals surface area contributed by atoms with Gasteiger partial charge in [0.25, 0.3) is 5.91 Å². The highest BCUT2D eigenvalue weighted by atomic mass is 16.5. The molecule has 0 aliphatic rings. The van der Waals surface area contributed by atoms with E-state index in [1.807, 2.05) is 0 Å². The first kappa shape index (κ1) is 19.3. The molecule has 1 amide bonds. The maximum absolute atomic E-state index is 12.5. The van der Waals surface area contributed by atoms with E-state index in [0.717, 1.165) is 0 Å². The maximum Gasteiger partial charge on any atom is 0.331 e. The summed E-state index contributed by atoms with van der Waals surface area (Å²) in [5.74, 6) is -0.185. The number of hydrogen-bond acceptors (Lipinski definition) is 6. The molecule has 0 saturated heterocycles. The van der Waals surface area contributed by atoms with Crippen molar-refractivity contribution in [3.05, 3.63) is 59.7 Å². The number of rotatable bonds is 7. The van der Waals surface area contributed by atoms with Crippen LogP contribution >= 0.6 is 0 Å². The Balaban J connectivity index is 2.22. The number of methoxy groups -OCH3 is 3. The number of esters is 1. The molecule has 2 rings (SSSR count). The summed E-state index contributed by atoms with van der Waals surface area (Å²) < 4.78 is 14.9. The minimum absolute atomic E-state index is 0.292. The van der Waals surface area contributed by atoms with Crippen molar-refractivity contribution in [2.75, 3.05) is 21.3 Å². The Bertz CT molecular complexity index is 759. The van der Waals surface area contributed by atoms with Crippen molar-refractivity contribution in [3.8, 4) is 11.5 Å². The Morgan fingerprint density at radius 3 is 2.19 bits per heavy atom. The predicted octanol–water partition coefficient (Wildman–Crippen LogP) is 1.71. The zero-order valence-corrected chi connectivity index (χ0v) is 14.8. The fraction of sp³-hybridized carbons (Fsp3) is 0.263. The van der Waals surface area contributed by atoms with E-state index in [-0.39, 0.29) is 0 Å². The molecule has 2 atom stereocenters. The Morgan fingerprint density at radius 2 is 1.62 bits per heavy atom. The van der Waals surface area contributed by atoms with Crippen LogP contribution in [0.1, 0.15) is 22.0 Å². The summed E-state index contributed by atoms with van der Waals surface area (Å²) in [5.41, 5.74) is 0.729. The first-order chi connectivity index (χ1) is 12.5. The normalized spacial score (nSPS) is 12.6. The van der Waals surface area contributed by atoms with Gasteiger partial charge in [0.1, 0.15) is 17.6 Å². The first-order valence-corrected chi connectivity index (χ1v) is 7.85. The first-order valence-electron chi connectivity index (χ1n) is 7.85.